The molecule has 0 fully saturated rings. The Morgan fingerprint density at radius 2 is 1.00 bits per heavy atom. The van der Waals surface area contributed by atoms with Crippen LogP contribution in [0, 0.1) is 0 Å². The van der Waals surface area contributed by atoms with Crippen LogP contribution < -0.4 is 5.32 Å². The lowest BCUT2D eigenvalue weighted by molar-refractivity contribution is 0.669. The molecule has 2 heteroatoms. The minimum Gasteiger partial charge on any atom is -0.456 e. The fourth-order valence-electron chi connectivity index (χ4n) is 5.02. The summed E-state index contributed by atoms with van der Waals surface area (Å²) >= 11 is 0. The van der Waals surface area contributed by atoms with Crippen LogP contribution in [0.15, 0.2) is 114 Å². The van der Waals surface area contributed by atoms with Gasteiger partial charge in [0.2, 0.25) is 0 Å². The normalized spacial score (nSPS) is 11.8. The predicted octanol–water partition coefficient (Wildman–Crippen LogP) is 8.79. The van der Waals surface area contributed by atoms with Crippen LogP contribution in [-0.4, -0.2) is 0 Å². The van der Waals surface area contributed by atoms with E-state index in [9.17, 15) is 0 Å². The van der Waals surface area contributed by atoms with Gasteiger partial charge in [-0.3, -0.25) is 0 Å². The van der Waals surface area contributed by atoms with E-state index in [-0.39, 0.29) is 0 Å². The van der Waals surface area contributed by atoms with Crippen molar-refractivity contribution in [2.75, 3.05) is 5.32 Å². The van der Waals surface area contributed by atoms with E-state index in [0.29, 0.717) is 0 Å². The molecule has 0 bridgehead atoms. The molecule has 0 aliphatic heterocycles. The minimum atomic E-state index is 0.897. The summed E-state index contributed by atoms with van der Waals surface area (Å²) in [6, 6.07) is 38.4. The van der Waals surface area contributed by atoms with Crippen molar-refractivity contribution in [2.24, 2.45) is 0 Å². The Morgan fingerprint density at radius 1 is 0.438 bits per heavy atom. The Balaban J connectivity index is 1.47. The summed E-state index contributed by atoms with van der Waals surface area (Å²) in [7, 11) is 0. The number of para-hydroxylation sites is 1. The Bertz CT molecular complexity index is 1770. The van der Waals surface area contributed by atoms with Crippen molar-refractivity contribution in [3.63, 3.8) is 0 Å². The summed E-state index contributed by atoms with van der Waals surface area (Å²) in [4.78, 5) is 0. The first kappa shape index (κ1) is 17.4. The molecule has 1 heterocycles. The highest BCUT2D eigenvalue weighted by atomic mass is 16.3. The zero-order valence-electron chi connectivity index (χ0n) is 17.3. The number of hydrogen-bond donors (Lipinski definition) is 1. The first-order chi connectivity index (χ1) is 15.9. The van der Waals surface area contributed by atoms with Crippen molar-refractivity contribution >= 4 is 65.6 Å². The molecule has 7 aromatic rings. The Labute approximate surface area is 184 Å². The van der Waals surface area contributed by atoms with Gasteiger partial charge < -0.3 is 9.73 Å². The summed E-state index contributed by atoms with van der Waals surface area (Å²) in [5, 5.41) is 13.6. The van der Waals surface area contributed by atoms with Crippen LogP contribution in [0.25, 0.3) is 54.3 Å². The maximum Gasteiger partial charge on any atom is 0.137 e. The summed E-state index contributed by atoms with van der Waals surface area (Å²) in [5.74, 6) is 0. The largest absolute Gasteiger partial charge is 0.456 e. The van der Waals surface area contributed by atoms with E-state index < -0.39 is 0 Å². The van der Waals surface area contributed by atoms with Crippen LogP contribution >= 0.6 is 0 Å². The third-order valence-corrected chi connectivity index (χ3v) is 6.43. The van der Waals surface area contributed by atoms with E-state index in [1.807, 2.05) is 24.3 Å². The molecule has 7 rings (SSSR count). The highest BCUT2D eigenvalue weighted by Gasteiger charge is 2.12. The Kier molecular flexibility index (Phi) is 3.58. The summed E-state index contributed by atoms with van der Waals surface area (Å²) in [6.45, 7) is 0. The average molecular weight is 409 g/mol. The number of anilines is 2. The van der Waals surface area contributed by atoms with Crippen molar-refractivity contribution in [1.82, 2.24) is 0 Å². The van der Waals surface area contributed by atoms with Gasteiger partial charge in [-0.25, -0.2) is 0 Å². The van der Waals surface area contributed by atoms with Gasteiger partial charge in [-0.05, 0) is 62.6 Å². The first-order valence-electron chi connectivity index (χ1n) is 10.9. The van der Waals surface area contributed by atoms with Crippen molar-refractivity contribution in [2.45, 2.75) is 0 Å². The van der Waals surface area contributed by atoms with E-state index in [4.69, 9.17) is 4.42 Å². The van der Waals surface area contributed by atoms with E-state index >= 15 is 0 Å². The van der Waals surface area contributed by atoms with Gasteiger partial charge in [-0.2, -0.15) is 0 Å². The number of hydrogen-bond acceptors (Lipinski definition) is 2. The predicted molar refractivity (Wildman–Crippen MR) is 136 cm³/mol. The third-order valence-electron chi connectivity index (χ3n) is 6.43. The van der Waals surface area contributed by atoms with E-state index in [1.54, 1.807) is 0 Å². The van der Waals surface area contributed by atoms with Crippen LogP contribution in [0.5, 0.6) is 0 Å². The standard InChI is InChI=1S/C30H19NO/c1-2-10-22-20(8-1)21-9-3-4-11-23(21)26-18-19(16-17-24(22)26)31-27-13-7-15-29-30(27)25-12-5-6-14-28(25)32-29/h1-18,31H. The topological polar surface area (TPSA) is 25.2 Å². The molecule has 0 saturated heterocycles. The van der Waals surface area contributed by atoms with Gasteiger partial charge in [0.05, 0.1) is 11.1 Å². The number of benzene rings is 6. The van der Waals surface area contributed by atoms with Gasteiger partial charge in [0, 0.05) is 11.1 Å². The minimum absolute atomic E-state index is 0.897. The molecule has 0 atom stereocenters. The number of furan rings is 1. The zero-order chi connectivity index (χ0) is 21.1. The molecule has 1 N–H and O–H groups in total. The molecule has 0 aliphatic carbocycles. The second-order valence-electron chi connectivity index (χ2n) is 8.25. The lowest BCUT2D eigenvalue weighted by atomic mass is 9.94. The average Bonchev–Trinajstić information content (AvgIpc) is 3.24. The smallest absolute Gasteiger partial charge is 0.137 e. The van der Waals surface area contributed by atoms with Crippen LogP contribution in [0.2, 0.25) is 0 Å². The molecule has 0 radical (unpaired) electrons. The summed E-state index contributed by atoms with van der Waals surface area (Å²) in [5.41, 5.74) is 3.92. The van der Waals surface area contributed by atoms with Crippen molar-refractivity contribution in [3.05, 3.63) is 109 Å². The molecule has 0 amide bonds. The highest BCUT2D eigenvalue weighted by Crippen LogP contribution is 2.38. The van der Waals surface area contributed by atoms with Crippen LogP contribution in [0.3, 0.4) is 0 Å². The maximum atomic E-state index is 6.07. The molecule has 0 unspecified atom stereocenters. The van der Waals surface area contributed by atoms with Gasteiger partial charge in [0.1, 0.15) is 11.2 Å². The number of nitrogens with one attached hydrogen (secondary N) is 1. The maximum absolute atomic E-state index is 6.07. The fraction of sp³-hybridized carbons (Fsp3) is 0. The van der Waals surface area contributed by atoms with Crippen LogP contribution in [0.4, 0.5) is 11.4 Å². The SMILES string of the molecule is c1ccc2c(c1)oc1cccc(Nc3ccc4c5ccccc5c5ccccc5c4c3)c12. The van der Waals surface area contributed by atoms with E-state index in [2.05, 4.69) is 90.2 Å². The molecular formula is C30H19NO. The first-order valence-corrected chi connectivity index (χ1v) is 10.9. The third kappa shape index (κ3) is 2.47. The van der Waals surface area contributed by atoms with Crippen molar-refractivity contribution < 1.29 is 4.42 Å². The van der Waals surface area contributed by atoms with Gasteiger partial charge >= 0.3 is 0 Å². The zero-order valence-corrected chi connectivity index (χ0v) is 17.3. The second-order valence-corrected chi connectivity index (χ2v) is 8.25. The lowest BCUT2D eigenvalue weighted by Crippen LogP contribution is -1.92. The van der Waals surface area contributed by atoms with Crippen molar-refractivity contribution in [3.8, 4) is 0 Å². The second kappa shape index (κ2) is 6.60. The van der Waals surface area contributed by atoms with Crippen LogP contribution in [0.1, 0.15) is 0 Å². The van der Waals surface area contributed by atoms with Gasteiger partial charge in [0.25, 0.3) is 0 Å². The Morgan fingerprint density at radius 3 is 1.72 bits per heavy atom. The lowest BCUT2D eigenvalue weighted by Gasteiger charge is -2.13. The Hall–Kier alpha value is -4.30. The van der Waals surface area contributed by atoms with E-state index in [1.165, 1.54) is 32.3 Å². The summed E-state index contributed by atoms with van der Waals surface area (Å²) in [6.07, 6.45) is 0. The summed E-state index contributed by atoms with van der Waals surface area (Å²) < 4.78 is 6.07. The molecule has 6 aromatic carbocycles. The molecule has 0 aliphatic rings. The molecule has 2 nitrogen and oxygen atoms in total. The van der Waals surface area contributed by atoms with Gasteiger partial charge in [-0.15, -0.1) is 0 Å². The monoisotopic (exact) mass is 409 g/mol. The van der Waals surface area contributed by atoms with Crippen molar-refractivity contribution in [1.29, 1.82) is 0 Å². The molecular weight excluding hydrogens is 390 g/mol. The van der Waals surface area contributed by atoms with Crippen LogP contribution in [-0.2, 0) is 0 Å². The van der Waals surface area contributed by atoms with Gasteiger partial charge in [0.15, 0.2) is 0 Å². The highest BCUT2D eigenvalue weighted by molar-refractivity contribution is 6.25. The molecule has 0 spiro atoms. The molecule has 1 aromatic heterocycles. The molecule has 0 saturated carbocycles. The van der Waals surface area contributed by atoms with E-state index in [0.717, 1.165) is 33.3 Å². The molecule has 32 heavy (non-hydrogen) atoms. The number of rotatable bonds is 2. The van der Waals surface area contributed by atoms with Gasteiger partial charge in [-0.1, -0.05) is 78.9 Å². The molecule has 150 valence electrons. The quantitative estimate of drug-likeness (QED) is 0.289. The number of fused-ring (bicyclic) bond motifs is 9. The fourth-order valence-corrected chi connectivity index (χ4v) is 5.02.